The summed E-state index contributed by atoms with van der Waals surface area (Å²) in [5, 5.41) is 24.2. The van der Waals surface area contributed by atoms with Gasteiger partial charge in [0.15, 0.2) is 10.9 Å². The highest BCUT2D eigenvalue weighted by molar-refractivity contribution is 8.18. The molecule has 9 nitrogen and oxygen atoms in total. The van der Waals surface area contributed by atoms with Gasteiger partial charge >= 0.3 is 5.69 Å². The van der Waals surface area contributed by atoms with E-state index in [4.69, 9.17) is 9.47 Å². The molecule has 1 amide bonds. The molecule has 1 aliphatic rings. The maximum atomic E-state index is 12.3. The number of nitro benzene ring substituents is 1. The van der Waals surface area contributed by atoms with Crippen LogP contribution in [0.15, 0.2) is 46.3 Å². The van der Waals surface area contributed by atoms with Crippen molar-refractivity contribution in [3.63, 3.8) is 0 Å². The first-order chi connectivity index (χ1) is 13.9. The Labute approximate surface area is 170 Å². The number of amides is 1. The zero-order valence-electron chi connectivity index (χ0n) is 15.5. The van der Waals surface area contributed by atoms with Crippen LogP contribution in [0, 0.1) is 10.1 Å². The fourth-order valence-corrected chi connectivity index (χ4v) is 3.35. The van der Waals surface area contributed by atoms with Gasteiger partial charge in [-0.3, -0.25) is 14.9 Å². The first-order valence-corrected chi connectivity index (χ1v) is 9.30. The number of carbonyl (C=O) groups excluding carboxylic acids is 1. The number of phenols is 1. The van der Waals surface area contributed by atoms with E-state index in [1.165, 1.54) is 18.2 Å². The molecule has 1 aliphatic heterocycles. The Bertz CT molecular complexity index is 1020. The van der Waals surface area contributed by atoms with Crippen molar-refractivity contribution in [3.05, 3.63) is 57.0 Å². The molecule has 2 N–H and O–H groups in total. The molecule has 0 aliphatic carbocycles. The summed E-state index contributed by atoms with van der Waals surface area (Å²) in [5.74, 6) is -0.263. The highest BCUT2D eigenvalue weighted by atomic mass is 32.2. The van der Waals surface area contributed by atoms with Crippen LogP contribution in [0.4, 0.5) is 11.4 Å². The molecule has 0 saturated carbocycles. The van der Waals surface area contributed by atoms with Gasteiger partial charge in [0.25, 0.3) is 5.91 Å². The number of aliphatic imine (C=N–C) groups is 1. The van der Waals surface area contributed by atoms with E-state index in [9.17, 15) is 20.0 Å². The van der Waals surface area contributed by atoms with Crippen molar-refractivity contribution >= 4 is 40.3 Å². The topological polar surface area (TPSA) is 123 Å². The third kappa shape index (κ3) is 4.66. The number of thioether (sulfide) groups is 1. The Kier molecular flexibility index (Phi) is 6.03. The van der Waals surface area contributed by atoms with Crippen LogP contribution in [0.2, 0.25) is 0 Å². The lowest BCUT2D eigenvalue weighted by Crippen LogP contribution is -2.19. The number of nitro groups is 1. The quantitative estimate of drug-likeness (QED) is 0.420. The van der Waals surface area contributed by atoms with Crippen molar-refractivity contribution in [1.82, 2.24) is 5.32 Å². The number of carbonyl (C=O) groups is 1. The molecular formula is C19H17N3O6S. The van der Waals surface area contributed by atoms with Crippen molar-refractivity contribution < 1.29 is 24.3 Å². The van der Waals surface area contributed by atoms with E-state index in [0.29, 0.717) is 27.1 Å². The second-order valence-electron chi connectivity index (χ2n) is 5.76. The van der Waals surface area contributed by atoms with E-state index in [1.54, 1.807) is 38.3 Å². The average molecular weight is 415 g/mol. The number of hydrogen-bond donors (Lipinski definition) is 2. The molecule has 0 radical (unpaired) electrons. The molecule has 0 aromatic heterocycles. The molecule has 3 rings (SSSR count). The fourth-order valence-electron chi connectivity index (χ4n) is 2.51. The summed E-state index contributed by atoms with van der Waals surface area (Å²) in [7, 11) is 1.57. The molecule has 0 atom stereocenters. The van der Waals surface area contributed by atoms with Gasteiger partial charge in [-0.05, 0) is 60.7 Å². The minimum atomic E-state index is -0.710. The third-order valence-corrected chi connectivity index (χ3v) is 4.74. The largest absolute Gasteiger partial charge is 0.500 e. The number of amidine groups is 1. The van der Waals surface area contributed by atoms with Gasteiger partial charge in [-0.25, -0.2) is 4.99 Å². The Morgan fingerprint density at radius 1 is 1.31 bits per heavy atom. The molecule has 0 spiro atoms. The number of rotatable bonds is 6. The summed E-state index contributed by atoms with van der Waals surface area (Å²) in [6.45, 7) is 1.91. The molecule has 2 aromatic rings. The number of nitrogens with zero attached hydrogens (tertiary/aromatic N) is 2. The molecule has 1 saturated heterocycles. The second kappa shape index (κ2) is 8.65. The van der Waals surface area contributed by atoms with Crippen LogP contribution in [0.25, 0.3) is 6.08 Å². The summed E-state index contributed by atoms with van der Waals surface area (Å²) in [6, 6.07) is 9.61. The van der Waals surface area contributed by atoms with Crippen LogP contribution in [0.1, 0.15) is 12.5 Å². The number of aromatic hydroxyl groups is 1. The number of nitrogens with one attached hydrogen (secondary N) is 1. The maximum absolute atomic E-state index is 12.3. The Morgan fingerprint density at radius 3 is 2.66 bits per heavy atom. The van der Waals surface area contributed by atoms with E-state index < -0.39 is 16.4 Å². The average Bonchev–Trinajstić information content (AvgIpc) is 3.03. The number of benzene rings is 2. The summed E-state index contributed by atoms with van der Waals surface area (Å²) in [6.07, 6.45) is 1.48. The van der Waals surface area contributed by atoms with E-state index >= 15 is 0 Å². The number of methoxy groups -OCH3 is 1. The summed E-state index contributed by atoms with van der Waals surface area (Å²) >= 11 is 1.10. The van der Waals surface area contributed by atoms with Crippen molar-refractivity contribution in [1.29, 1.82) is 0 Å². The summed E-state index contributed by atoms with van der Waals surface area (Å²) in [5.41, 5.74) is 0.480. The standard InChI is InChI=1S/C19H17N3O6S/c1-3-28-15-9-11(8-14(17(15)23)22(25)26)10-16-18(24)21-19(29-16)20-12-4-6-13(27-2)7-5-12/h4-10,23H,3H2,1-2H3,(H,20,21,24)/b16-10+. The predicted molar refractivity (Wildman–Crippen MR) is 110 cm³/mol. The normalized spacial score (nSPS) is 16.1. The molecular weight excluding hydrogens is 398 g/mol. The van der Waals surface area contributed by atoms with Crippen LogP contribution in [-0.4, -0.2) is 34.8 Å². The van der Waals surface area contributed by atoms with Gasteiger partial charge in [0.05, 0.1) is 29.2 Å². The van der Waals surface area contributed by atoms with Crippen molar-refractivity contribution in [2.24, 2.45) is 4.99 Å². The molecule has 0 unspecified atom stereocenters. The minimum absolute atomic E-state index is 0.0240. The summed E-state index contributed by atoms with van der Waals surface area (Å²) < 4.78 is 10.3. The zero-order chi connectivity index (χ0) is 21.0. The minimum Gasteiger partial charge on any atom is -0.500 e. The second-order valence-corrected chi connectivity index (χ2v) is 6.79. The fraction of sp³-hybridized carbons (Fsp3) is 0.158. The molecule has 10 heteroatoms. The predicted octanol–water partition coefficient (Wildman–Crippen LogP) is 3.60. The smallest absolute Gasteiger partial charge is 0.315 e. The zero-order valence-corrected chi connectivity index (χ0v) is 16.4. The lowest BCUT2D eigenvalue weighted by molar-refractivity contribution is -0.386. The van der Waals surface area contributed by atoms with Crippen LogP contribution in [0.3, 0.4) is 0 Å². The van der Waals surface area contributed by atoms with Gasteiger partial charge in [-0.1, -0.05) is 0 Å². The summed E-state index contributed by atoms with van der Waals surface area (Å²) in [4.78, 5) is 27.4. The molecule has 1 fully saturated rings. The van der Waals surface area contributed by atoms with E-state index in [2.05, 4.69) is 10.3 Å². The van der Waals surface area contributed by atoms with Crippen molar-refractivity contribution in [2.75, 3.05) is 13.7 Å². The third-order valence-electron chi connectivity index (χ3n) is 3.83. The van der Waals surface area contributed by atoms with Gasteiger partial charge < -0.3 is 19.9 Å². The van der Waals surface area contributed by atoms with Gasteiger partial charge in [0.1, 0.15) is 5.75 Å². The number of ether oxygens (including phenoxy) is 2. The molecule has 150 valence electrons. The van der Waals surface area contributed by atoms with E-state index in [-0.39, 0.29) is 18.3 Å². The van der Waals surface area contributed by atoms with Crippen LogP contribution in [-0.2, 0) is 4.79 Å². The Morgan fingerprint density at radius 2 is 2.03 bits per heavy atom. The van der Waals surface area contributed by atoms with Crippen molar-refractivity contribution in [2.45, 2.75) is 6.92 Å². The lowest BCUT2D eigenvalue weighted by Gasteiger charge is -2.07. The molecule has 1 heterocycles. The molecule has 0 bridgehead atoms. The highest BCUT2D eigenvalue weighted by Crippen LogP contribution is 2.38. The highest BCUT2D eigenvalue weighted by Gasteiger charge is 2.25. The van der Waals surface area contributed by atoms with E-state index in [1.807, 2.05) is 0 Å². The molecule has 2 aromatic carbocycles. The number of hydrogen-bond acceptors (Lipinski definition) is 8. The number of phenolic OH excluding ortho intramolecular Hbond substituents is 1. The van der Waals surface area contributed by atoms with Gasteiger partial charge in [-0.2, -0.15) is 0 Å². The Balaban J connectivity index is 1.89. The van der Waals surface area contributed by atoms with Gasteiger partial charge in [0, 0.05) is 6.07 Å². The first-order valence-electron chi connectivity index (χ1n) is 8.49. The lowest BCUT2D eigenvalue weighted by atomic mass is 10.1. The maximum Gasteiger partial charge on any atom is 0.315 e. The van der Waals surface area contributed by atoms with Gasteiger partial charge in [0.2, 0.25) is 5.75 Å². The van der Waals surface area contributed by atoms with Crippen LogP contribution in [0.5, 0.6) is 17.2 Å². The van der Waals surface area contributed by atoms with Crippen LogP contribution >= 0.6 is 11.8 Å². The Hall–Kier alpha value is -3.53. The van der Waals surface area contributed by atoms with E-state index in [0.717, 1.165) is 11.8 Å². The van der Waals surface area contributed by atoms with Gasteiger partial charge in [-0.15, -0.1) is 0 Å². The van der Waals surface area contributed by atoms with Crippen LogP contribution < -0.4 is 14.8 Å². The monoisotopic (exact) mass is 415 g/mol. The molecule has 29 heavy (non-hydrogen) atoms. The van der Waals surface area contributed by atoms with Crippen molar-refractivity contribution in [3.8, 4) is 17.2 Å². The SMILES string of the molecule is CCOc1cc(/C=C2/SC(=Nc3ccc(OC)cc3)NC2=O)cc([N+](=O)[O-])c1O. The first kappa shape index (κ1) is 20.2.